The molecular weight excluding hydrogens is 224 g/mol. The molecule has 1 heterocycles. The lowest BCUT2D eigenvalue weighted by Crippen LogP contribution is -2.34. The molecule has 1 atom stereocenters. The van der Waals surface area contributed by atoms with Crippen LogP contribution >= 0.6 is 0 Å². The number of nitrogens with two attached hydrogens (primary N) is 1. The number of rotatable bonds is 4. The van der Waals surface area contributed by atoms with E-state index in [1.807, 2.05) is 30.3 Å². The van der Waals surface area contributed by atoms with Crippen molar-refractivity contribution in [3.8, 4) is 6.07 Å². The van der Waals surface area contributed by atoms with Crippen LogP contribution in [0.3, 0.4) is 0 Å². The summed E-state index contributed by atoms with van der Waals surface area (Å²) in [4.78, 5) is 0. The maximum Gasteiger partial charge on any atom is 0.104 e. The van der Waals surface area contributed by atoms with E-state index < -0.39 is 0 Å². The molecular formula is C15H16N2O. The summed E-state index contributed by atoms with van der Waals surface area (Å²) in [6.45, 7) is 2.59. The van der Waals surface area contributed by atoms with Crippen molar-refractivity contribution in [2.75, 3.05) is 6.54 Å². The summed E-state index contributed by atoms with van der Waals surface area (Å²) in [5, 5.41) is 8.96. The molecule has 0 aliphatic carbocycles. The third kappa shape index (κ3) is 2.44. The number of hydrogen-bond donors (Lipinski definition) is 1. The van der Waals surface area contributed by atoms with Gasteiger partial charge in [0, 0.05) is 18.4 Å². The molecule has 0 amide bonds. The zero-order valence-corrected chi connectivity index (χ0v) is 10.4. The Hall–Kier alpha value is -2.05. The van der Waals surface area contributed by atoms with E-state index >= 15 is 0 Å². The van der Waals surface area contributed by atoms with Crippen LogP contribution in [-0.4, -0.2) is 6.54 Å². The number of hydrogen-bond acceptors (Lipinski definition) is 3. The normalized spacial score (nSPS) is 13.8. The average Bonchev–Trinajstić information content (AvgIpc) is 2.91. The summed E-state index contributed by atoms with van der Waals surface area (Å²) < 4.78 is 5.39. The van der Waals surface area contributed by atoms with Crippen molar-refractivity contribution in [3.63, 3.8) is 0 Å². The Balaban J connectivity index is 2.34. The van der Waals surface area contributed by atoms with Gasteiger partial charge in [0.1, 0.15) is 5.76 Å². The Morgan fingerprint density at radius 3 is 2.78 bits per heavy atom. The fourth-order valence-electron chi connectivity index (χ4n) is 2.05. The molecule has 2 N–H and O–H groups in total. The van der Waals surface area contributed by atoms with Gasteiger partial charge in [-0.2, -0.15) is 5.26 Å². The van der Waals surface area contributed by atoms with Gasteiger partial charge in [0.15, 0.2) is 0 Å². The van der Waals surface area contributed by atoms with Crippen molar-refractivity contribution in [2.24, 2.45) is 5.73 Å². The first kappa shape index (κ1) is 12.4. The first-order valence-corrected chi connectivity index (χ1v) is 5.91. The first-order valence-electron chi connectivity index (χ1n) is 5.91. The van der Waals surface area contributed by atoms with Crippen LogP contribution in [0, 0.1) is 11.3 Å². The van der Waals surface area contributed by atoms with E-state index in [1.165, 1.54) is 0 Å². The van der Waals surface area contributed by atoms with Crippen LogP contribution in [0.15, 0.2) is 47.1 Å². The maximum absolute atomic E-state index is 8.96. The Morgan fingerprint density at radius 2 is 2.17 bits per heavy atom. The highest BCUT2D eigenvalue weighted by Gasteiger charge is 2.26. The Labute approximate surface area is 107 Å². The molecule has 0 saturated carbocycles. The second-order valence-electron chi connectivity index (χ2n) is 4.71. The minimum Gasteiger partial charge on any atom is -0.469 e. The summed E-state index contributed by atoms with van der Waals surface area (Å²) in [6, 6.07) is 13.6. The monoisotopic (exact) mass is 240 g/mol. The van der Waals surface area contributed by atoms with Gasteiger partial charge in [-0.15, -0.1) is 0 Å². The number of furan rings is 1. The van der Waals surface area contributed by atoms with Crippen LogP contribution in [0.25, 0.3) is 0 Å². The fraction of sp³-hybridized carbons (Fsp3) is 0.267. The molecule has 0 bridgehead atoms. The molecule has 2 rings (SSSR count). The van der Waals surface area contributed by atoms with Gasteiger partial charge >= 0.3 is 0 Å². The van der Waals surface area contributed by atoms with E-state index in [4.69, 9.17) is 15.4 Å². The second-order valence-corrected chi connectivity index (χ2v) is 4.71. The Bertz CT molecular complexity index is 554. The summed E-state index contributed by atoms with van der Waals surface area (Å²) in [5.74, 6) is 0.908. The van der Waals surface area contributed by atoms with Crippen LogP contribution < -0.4 is 5.73 Å². The quantitative estimate of drug-likeness (QED) is 0.893. The molecule has 92 valence electrons. The van der Waals surface area contributed by atoms with Crippen LogP contribution in [0.5, 0.6) is 0 Å². The van der Waals surface area contributed by atoms with Crippen LogP contribution in [0.4, 0.5) is 0 Å². The molecule has 0 aliphatic rings. The zero-order chi connectivity index (χ0) is 13.0. The van der Waals surface area contributed by atoms with Crippen LogP contribution in [0.1, 0.15) is 23.8 Å². The molecule has 0 saturated heterocycles. The minimum absolute atomic E-state index is 0.218. The molecule has 1 aromatic heterocycles. The van der Waals surface area contributed by atoms with Crippen LogP contribution in [-0.2, 0) is 11.8 Å². The highest BCUT2D eigenvalue weighted by Crippen LogP contribution is 2.28. The van der Waals surface area contributed by atoms with Crippen molar-refractivity contribution >= 4 is 0 Å². The minimum atomic E-state index is -0.218. The molecule has 3 heteroatoms. The summed E-state index contributed by atoms with van der Waals surface area (Å²) >= 11 is 0. The number of nitrogens with zero attached hydrogens (tertiary/aromatic N) is 1. The third-order valence-electron chi connectivity index (χ3n) is 3.28. The van der Waals surface area contributed by atoms with E-state index in [-0.39, 0.29) is 5.41 Å². The third-order valence-corrected chi connectivity index (χ3v) is 3.28. The van der Waals surface area contributed by atoms with Gasteiger partial charge in [-0.1, -0.05) is 19.1 Å². The lowest BCUT2D eigenvalue weighted by Gasteiger charge is -2.27. The lowest BCUT2D eigenvalue weighted by atomic mass is 9.78. The fourth-order valence-corrected chi connectivity index (χ4v) is 2.05. The van der Waals surface area contributed by atoms with E-state index in [1.54, 1.807) is 12.3 Å². The largest absolute Gasteiger partial charge is 0.469 e. The predicted molar refractivity (Wildman–Crippen MR) is 70.0 cm³/mol. The predicted octanol–water partition coefficient (Wildman–Crippen LogP) is 2.61. The standard InChI is InChI=1S/C15H16N2O/c1-15(11-17,9-14-6-3-7-18-14)13-5-2-4-12(8-13)10-16/h2-8H,9,11,17H2,1H3. The van der Waals surface area contributed by atoms with Gasteiger partial charge in [0.05, 0.1) is 17.9 Å². The van der Waals surface area contributed by atoms with Gasteiger partial charge < -0.3 is 10.2 Å². The zero-order valence-electron chi connectivity index (χ0n) is 10.4. The summed E-state index contributed by atoms with van der Waals surface area (Å²) in [5.41, 5.74) is 7.43. The summed E-state index contributed by atoms with van der Waals surface area (Å²) in [6.07, 6.45) is 2.39. The van der Waals surface area contributed by atoms with Gasteiger partial charge in [-0.3, -0.25) is 0 Å². The van der Waals surface area contributed by atoms with Gasteiger partial charge in [-0.25, -0.2) is 0 Å². The van der Waals surface area contributed by atoms with E-state index in [2.05, 4.69) is 13.0 Å². The smallest absolute Gasteiger partial charge is 0.104 e. The van der Waals surface area contributed by atoms with Crippen molar-refractivity contribution in [3.05, 3.63) is 59.5 Å². The Morgan fingerprint density at radius 1 is 1.33 bits per heavy atom. The highest BCUT2D eigenvalue weighted by molar-refractivity contribution is 5.37. The number of nitriles is 1. The maximum atomic E-state index is 8.96. The number of benzene rings is 1. The van der Waals surface area contributed by atoms with Crippen molar-refractivity contribution in [2.45, 2.75) is 18.8 Å². The van der Waals surface area contributed by atoms with Gasteiger partial charge in [-0.05, 0) is 29.8 Å². The van der Waals surface area contributed by atoms with Crippen molar-refractivity contribution < 1.29 is 4.42 Å². The van der Waals surface area contributed by atoms with Crippen molar-refractivity contribution in [1.29, 1.82) is 5.26 Å². The molecule has 3 nitrogen and oxygen atoms in total. The molecule has 1 aromatic carbocycles. The lowest BCUT2D eigenvalue weighted by molar-refractivity contribution is 0.412. The Kier molecular flexibility index (Phi) is 3.50. The first-order chi connectivity index (χ1) is 8.68. The van der Waals surface area contributed by atoms with E-state index in [9.17, 15) is 0 Å². The molecule has 1 unspecified atom stereocenters. The molecule has 2 aromatic rings. The van der Waals surface area contributed by atoms with Crippen LogP contribution in [0.2, 0.25) is 0 Å². The molecule has 0 radical (unpaired) electrons. The van der Waals surface area contributed by atoms with E-state index in [0.717, 1.165) is 17.7 Å². The SMILES string of the molecule is CC(CN)(Cc1ccco1)c1cccc(C#N)c1. The molecule has 0 aliphatic heterocycles. The van der Waals surface area contributed by atoms with E-state index in [0.29, 0.717) is 12.1 Å². The molecule has 0 spiro atoms. The second kappa shape index (κ2) is 5.07. The topological polar surface area (TPSA) is 62.9 Å². The highest BCUT2D eigenvalue weighted by atomic mass is 16.3. The molecule has 0 fully saturated rings. The van der Waals surface area contributed by atoms with Gasteiger partial charge in [0.25, 0.3) is 0 Å². The van der Waals surface area contributed by atoms with Crippen molar-refractivity contribution in [1.82, 2.24) is 0 Å². The molecule has 18 heavy (non-hydrogen) atoms. The average molecular weight is 240 g/mol. The van der Waals surface area contributed by atoms with Gasteiger partial charge in [0.2, 0.25) is 0 Å². The summed E-state index contributed by atoms with van der Waals surface area (Å²) in [7, 11) is 0.